The topological polar surface area (TPSA) is 41.6 Å². The Morgan fingerprint density at radius 2 is 1.91 bits per heavy atom. The minimum atomic E-state index is -0.296. The first-order chi connectivity index (χ1) is 11.1. The van der Waals surface area contributed by atoms with Crippen molar-refractivity contribution in [3.63, 3.8) is 0 Å². The minimum Gasteiger partial charge on any atom is -0.492 e. The van der Waals surface area contributed by atoms with E-state index >= 15 is 0 Å². The van der Waals surface area contributed by atoms with Gasteiger partial charge in [-0.1, -0.05) is 6.07 Å². The fraction of sp³-hybridized carbons (Fsp3) is 0.278. The number of likely N-dealkylation sites (N-methyl/N-ethyl adjacent to an activating group) is 1. The SMILES string of the molecule is CN(CCOc1ccc(F)cc1)C(=O)c1ccc2c(c1)CNC2. The summed E-state index contributed by atoms with van der Waals surface area (Å²) in [6.07, 6.45) is 0. The summed E-state index contributed by atoms with van der Waals surface area (Å²) in [5.41, 5.74) is 3.13. The highest BCUT2D eigenvalue weighted by Gasteiger charge is 2.16. The van der Waals surface area contributed by atoms with Gasteiger partial charge in [0.25, 0.3) is 5.91 Å². The largest absolute Gasteiger partial charge is 0.492 e. The first kappa shape index (κ1) is 15.5. The number of hydrogen-bond acceptors (Lipinski definition) is 3. The average Bonchev–Trinajstić information content (AvgIpc) is 3.03. The van der Waals surface area contributed by atoms with Crippen molar-refractivity contribution in [2.75, 3.05) is 20.2 Å². The number of carbonyl (C=O) groups excluding carboxylic acids is 1. The van der Waals surface area contributed by atoms with Crippen LogP contribution in [0.3, 0.4) is 0 Å². The van der Waals surface area contributed by atoms with Crippen LogP contribution in [0.1, 0.15) is 21.5 Å². The van der Waals surface area contributed by atoms with E-state index in [1.807, 2.05) is 18.2 Å². The standard InChI is InChI=1S/C18H19FN2O2/c1-21(8-9-23-17-6-4-16(19)5-7-17)18(22)13-2-3-14-11-20-12-15(14)10-13/h2-7,10,20H,8-9,11-12H2,1H3. The van der Waals surface area contributed by atoms with Gasteiger partial charge in [-0.2, -0.15) is 0 Å². The van der Waals surface area contributed by atoms with Crippen LogP contribution >= 0.6 is 0 Å². The van der Waals surface area contributed by atoms with Crippen molar-refractivity contribution in [3.05, 3.63) is 65.0 Å². The zero-order chi connectivity index (χ0) is 16.2. The molecule has 0 aliphatic carbocycles. The average molecular weight is 314 g/mol. The van der Waals surface area contributed by atoms with E-state index in [2.05, 4.69) is 5.32 Å². The lowest BCUT2D eigenvalue weighted by atomic mass is 10.1. The molecule has 1 aliphatic rings. The van der Waals surface area contributed by atoms with Crippen molar-refractivity contribution < 1.29 is 13.9 Å². The van der Waals surface area contributed by atoms with Crippen LogP contribution in [0.2, 0.25) is 0 Å². The lowest BCUT2D eigenvalue weighted by Gasteiger charge is -2.18. The minimum absolute atomic E-state index is 0.0255. The number of fused-ring (bicyclic) bond motifs is 1. The molecule has 23 heavy (non-hydrogen) atoms. The number of hydrogen-bond donors (Lipinski definition) is 1. The number of nitrogens with one attached hydrogen (secondary N) is 1. The molecule has 0 saturated heterocycles. The molecule has 0 spiro atoms. The van der Waals surface area contributed by atoms with E-state index in [0.717, 1.165) is 13.1 Å². The molecule has 1 amide bonds. The van der Waals surface area contributed by atoms with E-state index in [9.17, 15) is 9.18 Å². The Balaban J connectivity index is 1.54. The molecule has 3 rings (SSSR count). The van der Waals surface area contributed by atoms with Crippen molar-refractivity contribution in [2.45, 2.75) is 13.1 Å². The third-order valence-corrected chi connectivity index (χ3v) is 3.94. The lowest BCUT2D eigenvalue weighted by molar-refractivity contribution is 0.0773. The second-order valence-electron chi connectivity index (χ2n) is 5.62. The molecule has 0 aromatic heterocycles. The number of benzene rings is 2. The lowest BCUT2D eigenvalue weighted by Crippen LogP contribution is -2.31. The highest BCUT2D eigenvalue weighted by Crippen LogP contribution is 2.18. The van der Waals surface area contributed by atoms with Gasteiger partial charge in [-0.05, 0) is 47.5 Å². The quantitative estimate of drug-likeness (QED) is 0.922. The number of amides is 1. The molecule has 1 N–H and O–H groups in total. The molecule has 4 nitrogen and oxygen atoms in total. The van der Waals surface area contributed by atoms with Gasteiger partial charge >= 0.3 is 0 Å². The van der Waals surface area contributed by atoms with Crippen LogP contribution in [0.25, 0.3) is 0 Å². The van der Waals surface area contributed by atoms with Gasteiger partial charge in [0.15, 0.2) is 0 Å². The maximum atomic E-state index is 12.8. The van der Waals surface area contributed by atoms with Gasteiger partial charge in [0.05, 0.1) is 6.54 Å². The number of nitrogens with zero attached hydrogens (tertiary/aromatic N) is 1. The molecular formula is C18H19FN2O2. The molecule has 0 fully saturated rings. The van der Waals surface area contributed by atoms with Crippen LogP contribution in [0, 0.1) is 5.82 Å². The maximum absolute atomic E-state index is 12.8. The first-order valence-corrected chi connectivity index (χ1v) is 7.60. The van der Waals surface area contributed by atoms with E-state index < -0.39 is 0 Å². The monoisotopic (exact) mass is 314 g/mol. The van der Waals surface area contributed by atoms with Gasteiger partial charge in [0.2, 0.25) is 0 Å². The third kappa shape index (κ3) is 3.68. The Morgan fingerprint density at radius 3 is 2.70 bits per heavy atom. The first-order valence-electron chi connectivity index (χ1n) is 7.60. The molecule has 1 heterocycles. The highest BCUT2D eigenvalue weighted by molar-refractivity contribution is 5.94. The van der Waals surface area contributed by atoms with Gasteiger partial charge < -0.3 is 15.0 Å². The van der Waals surface area contributed by atoms with Gasteiger partial charge in [-0.15, -0.1) is 0 Å². The Labute approximate surface area is 134 Å². The van der Waals surface area contributed by atoms with Crippen molar-refractivity contribution in [1.29, 1.82) is 0 Å². The molecule has 2 aromatic carbocycles. The van der Waals surface area contributed by atoms with E-state index in [1.165, 1.54) is 23.3 Å². The molecule has 0 atom stereocenters. The fourth-order valence-electron chi connectivity index (χ4n) is 2.58. The highest BCUT2D eigenvalue weighted by atomic mass is 19.1. The van der Waals surface area contributed by atoms with E-state index in [1.54, 1.807) is 24.1 Å². The van der Waals surface area contributed by atoms with Gasteiger partial charge in [0, 0.05) is 25.7 Å². The molecule has 120 valence electrons. The third-order valence-electron chi connectivity index (χ3n) is 3.94. The molecule has 2 aromatic rings. The Bertz CT molecular complexity index is 701. The summed E-state index contributed by atoms with van der Waals surface area (Å²) in [7, 11) is 1.75. The smallest absolute Gasteiger partial charge is 0.253 e. The summed E-state index contributed by atoms with van der Waals surface area (Å²) >= 11 is 0. The molecule has 0 bridgehead atoms. The second-order valence-corrected chi connectivity index (χ2v) is 5.62. The molecule has 0 saturated carbocycles. The van der Waals surface area contributed by atoms with E-state index in [0.29, 0.717) is 24.5 Å². The zero-order valence-corrected chi connectivity index (χ0v) is 13.0. The second kappa shape index (κ2) is 6.79. The van der Waals surface area contributed by atoms with Gasteiger partial charge in [-0.3, -0.25) is 4.79 Å². The molecule has 1 aliphatic heterocycles. The molecule has 0 radical (unpaired) electrons. The zero-order valence-electron chi connectivity index (χ0n) is 13.0. The van der Waals surface area contributed by atoms with Crippen LogP contribution < -0.4 is 10.1 Å². The van der Waals surface area contributed by atoms with Crippen molar-refractivity contribution in [3.8, 4) is 5.75 Å². The molecular weight excluding hydrogens is 295 g/mol. The summed E-state index contributed by atoms with van der Waals surface area (Å²) in [6, 6.07) is 11.7. The van der Waals surface area contributed by atoms with Crippen molar-refractivity contribution >= 4 is 5.91 Å². The van der Waals surface area contributed by atoms with Crippen molar-refractivity contribution in [1.82, 2.24) is 10.2 Å². The predicted octanol–water partition coefficient (Wildman–Crippen LogP) is 2.58. The van der Waals surface area contributed by atoms with Crippen LogP contribution in [-0.4, -0.2) is 31.0 Å². The Hall–Kier alpha value is -2.40. The molecule has 0 unspecified atom stereocenters. The van der Waals surface area contributed by atoms with Gasteiger partial charge in [0.1, 0.15) is 18.2 Å². The van der Waals surface area contributed by atoms with E-state index in [4.69, 9.17) is 4.74 Å². The number of carbonyl (C=O) groups is 1. The maximum Gasteiger partial charge on any atom is 0.253 e. The van der Waals surface area contributed by atoms with Gasteiger partial charge in [-0.25, -0.2) is 4.39 Å². The summed E-state index contributed by atoms with van der Waals surface area (Å²) < 4.78 is 18.3. The number of halogens is 1. The summed E-state index contributed by atoms with van der Waals surface area (Å²) in [4.78, 5) is 14.1. The predicted molar refractivity (Wildman–Crippen MR) is 85.8 cm³/mol. The van der Waals surface area contributed by atoms with Crippen LogP contribution in [0.5, 0.6) is 5.75 Å². The Morgan fingerprint density at radius 1 is 1.17 bits per heavy atom. The van der Waals surface area contributed by atoms with Crippen LogP contribution in [0.4, 0.5) is 4.39 Å². The molecule has 5 heteroatoms. The number of rotatable bonds is 5. The number of ether oxygens (including phenoxy) is 1. The fourth-order valence-corrected chi connectivity index (χ4v) is 2.58. The Kier molecular flexibility index (Phi) is 4.57. The van der Waals surface area contributed by atoms with Crippen molar-refractivity contribution in [2.24, 2.45) is 0 Å². The van der Waals surface area contributed by atoms with Crippen LogP contribution in [0.15, 0.2) is 42.5 Å². The summed E-state index contributed by atoms with van der Waals surface area (Å²) in [6.45, 7) is 2.50. The van der Waals surface area contributed by atoms with Crippen LogP contribution in [-0.2, 0) is 13.1 Å². The van der Waals surface area contributed by atoms with E-state index in [-0.39, 0.29) is 11.7 Å². The summed E-state index contributed by atoms with van der Waals surface area (Å²) in [5.74, 6) is 0.272. The summed E-state index contributed by atoms with van der Waals surface area (Å²) in [5, 5.41) is 3.27. The normalized spacial score (nSPS) is 12.8.